The Morgan fingerprint density at radius 1 is 1.06 bits per heavy atom. The van der Waals surface area contributed by atoms with Crippen molar-refractivity contribution in [2.24, 2.45) is 0 Å². The number of hydrogen-bond donors (Lipinski definition) is 0. The quantitative estimate of drug-likeness (QED) is 0.159. The van der Waals surface area contributed by atoms with E-state index in [2.05, 4.69) is 23.2 Å². The first-order valence-electron chi connectivity index (χ1n) is 11.5. The fourth-order valence-corrected chi connectivity index (χ4v) is 4.60. The Balaban J connectivity index is 1.38. The van der Waals surface area contributed by atoms with E-state index < -0.39 is 18.9 Å². The van der Waals surface area contributed by atoms with Crippen LogP contribution in [0.25, 0.3) is 22.2 Å². The summed E-state index contributed by atoms with van der Waals surface area (Å²) < 4.78 is 42.7. The second-order valence-corrected chi connectivity index (χ2v) is 13.7. The molecule has 11 heteroatoms. The molecule has 0 aliphatic heterocycles. The minimum atomic E-state index is -3.45. The molecule has 0 aliphatic rings. The van der Waals surface area contributed by atoms with Crippen molar-refractivity contribution < 1.29 is 22.1 Å². The van der Waals surface area contributed by atoms with Gasteiger partial charge in [-0.1, -0.05) is 13.1 Å². The van der Waals surface area contributed by atoms with E-state index in [4.69, 9.17) is 13.7 Å². The highest BCUT2D eigenvalue weighted by molar-refractivity contribution is 7.85. The molecule has 0 spiro atoms. The number of aromatic nitrogens is 4. The maximum Gasteiger partial charge on any atom is 0.264 e. The van der Waals surface area contributed by atoms with E-state index in [0.29, 0.717) is 24.9 Å². The lowest BCUT2D eigenvalue weighted by molar-refractivity contribution is 0.0801. The van der Waals surface area contributed by atoms with Crippen LogP contribution in [0, 0.1) is 0 Å². The van der Waals surface area contributed by atoms with Gasteiger partial charge in [0.05, 0.1) is 18.6 Å². The van der Waals surface area contributed by atoms with E-state index in [9.17, 15) is 8.42 Å². The zero-order valence-corrected chi connectivity index (χ0v) is 22.1. The first kappa shape index (κ1) is 25.1. The monoisotopic (exact) mass is 514 g/mol. The number of nitrogens with zero attached hydrogens (tertiary/aromatic N) is 4. The zero-order chi connectivity index (χ0) is 24.8. The average molecular weight is 515 g/mol. The van der Waals surface area contributed by atoms with Crippen molar-refractivity contribution in [2.45, 2.75) is 32.4 Å². The Labute approximate surface area is 207 Å². The van der Waals surface area contributed by atoms with Gasteiger partial charge in [0.2, 0.25) is 5.88 Å². The van der Waals surface area contributed by atoms with E-state index in [1.54, 1.807) is 12.4 Å². The zero-order valence-electron chi connectivity index (χ0n) is 20.1. The normalized spacial score (nSPS) is 12.0. The van der Waals surface area contributed by atoms with E-state index >= 15 is 0 Å². The van der Waals surface area contributed by atoms with Crippen molar-refractivity contribution in [1.29, 1.82) is 0 Å². The molecule has 0 fully saturated rings. The van der Waals surface area contributed by atoms with Gasteiger partial charge in [0, 0.05) is 63.1 Å². The summed E-state index contributed by atoms with van der Waals surface area (Å²) in [5.41, 5.74) is 2.83. The number of hydrogen-bond acceptors (Lipinski definition) is 7. The van der Waals surface area contributed by atoms with Crippen molar-refractivity contribution in [2.75, 3.05) is 19.5 Å². The highest BCUT2D eigenvalue weighted by atomic mass is 32.2. The largest absolute Gasteiger partial charge is 0.439 e. The molecular formula is C24H30N4O5SSi. The molecule has 1 aromatic carbocycles. The smallest absolute Gasteiger partial charge is 0.264 e. The molecule has 3 aromatic heterocycles. The van der Waals surface area contributed by atoms with Crippen LogP contribution in [0.15, 0.2) is 61.1 Å². The molecule has 0 bridgehead atoms. The van der Waals surface area contributed by atoms with Crippen LogP contribution in [0.1, 0.15) is 0 Å². The van der Waals surface area contributed by atoms with Crippen molar-refractivity contribution in [3.63, 3.8) is 0 Å². The third kappa shape index (κ3) is 7.01. The molecular weight excluding hydrogens is 484 g/mol. The predicted molar refractivity (Wildman–Crippen MR) is 138 cm³/mol. The molecule has 0 radical (unpaired) electrons. The molecule has 0 unspecified atom stereocenters. The molecule has 0 saturated carbocycles. The molecule has 3 heterocycles. The SMILES string of the molecule is C[SiH](C)CCOCn1nccc1-c1ccc(Oc2ccc3c(ccn3CCOS(C)(=O)=O)c2)nc1. The van der Waals surface area contributed by atoms with Gasteiger partial charge in [-0.3, -0.25) is 4.18 Å². The van der Waals surface area contributed by atoms with Gasteiger partial charge in [-0.05, 0) is 42.4 Å². The standard InChI is InChI=1S/C24H30N4O5SSi/c1-34(29,30)32-13-12-27-11-9-19-16-21(5-6-22(19)27)33-24-7-4-20(17-25-24)23-8-10-26-28(23)18-31-14-15-35(2)3/h4-11,16-17,35H,12-15,18H2,1-3H3. The second-order valence-electron chi connectivity index (χ2n) is 8.68. The Morgan fingerprint density at radius 3 is 2.66 bits per heavy atom. The molecule has 0 N–H and O–H groups in total. The average Bonchev–Trinajstić information content (AvgIpc) is 3.43. The van der Waals surface area contributed by atoms with Crippen LogP contribution in [-0.2, 0) is 32.3 Å². The molecule has 9 nitrogen and oxygen atoms in total. The minimum absolute atomic E-state index is 0.0850. The van der Waals surface area contributed by atoms with Crippen LogP contribution in [0.5, 0.6) is 11.6 Å². The Hall–Kier alpha value is -2.99. The van der Waals surface area contributed by atoms with E-state index in [0.717, 1.165) is 41.1 Å². The summed E-state index contributed by atoms with van der Waals surface area (Å²) in [4.78, 5) is 4.46. The van der Waals surface area contributed by atoms with E-state index in [1.165, 1.54) is 0 Å². The molecule has 186 valence electrons. The summed E-state index contributed by atoms with van der Waals surface area (Å²) >= 11 is 0. The molecule has 0 aliphatic carbocycles. The van der Waals surface area contributed by atoms with Gasteiger partial charge in [0.1, 0.15) is 12.5 Å². The van der Waals surface area contributed by atoms with Crippen molar-refractivity contribution >= 4 is 29.8 Å². The molecule has 35 heavy (non-hydrogen) atoms. The van der Waals surface area contributed by atoms with Gasteiger partial charge < -0.3 is 14.0 Å². The van der Waals surface area contributed by atoms with Gasteiger partial charge >= 0.3 is 0 Å². The minimum Gasteiger partial charge on any atom is -0.439 e. The van der Waals surface area contributed by atoms with Crippen LogP contribution < -0.4 is 4.74 Å². The highest BCUT2D eigenvalue weighted by Gasteiger charge is 2.09. The molecule has 4 aromatic rings. The highest BCUT2D eigenvalue weighted by Crippen LogP contribution is 2.27. The predicted octanol–water partition coefficient (Wildman–Crippen LogP) is 4.13. The van der Waals surface area contributed by atoms with E-state index in [-0.39, 0.29) is 6.61 Å². The number of pyridine rings is 1. The van der Waals surface area contributed by atoms with Crippen molar-refractivity contribution in [1.82, 2.24) is 19.3 Å². The van der Waals surface area contributed by atoms with Gasteiger partial charge in [0.25, 0.3) is 10.1 Å². The third-order valence-electron chi connectivity index (χ3n) is 5.40. The Bertz CT molecular complexity index is 1370. The lowest BCUT2D eigenvalue weighted by Gasteiger charge is -2.10. The van der Waals surface area contributed by atoms with Crippen LogP contribution in [0.2, 0.25) is 19.1 Å². The fraction of sp³-hybridized carbons (Fsp3) is 0.333. The summed E-state index contributed by atoms with van der Waals surface area (Å²) in [5.74, 6) is 1.15. The summed E-state index contributed by atoms with van der Waals surface area (Å²) in [7, 11) is -4.07. The fourth-order valence-electron chi connectivity index (χ4n) is 3.59. The van der Waals surface area contributed by atoms with Crippen LogP contribution in [0.3, 0.4) is 0 Å². The summed E-state index contributed by atoms with van der Waals surface area (Å²) in [6, 6.07) is 14.5. The maximum atomic E-state index is 11.2. The van der Waals surface area contributed by atoms with Gasteiger partial charge in [-0.15, -0.1) is 0 Å². The van der Waals surface area contributed by atoms with Crippen molar-refractivity contribution in [3.8, 4) is 22.9 Å². The number of benzene rings is 1. The molecule has 0 amide bonds. The second kappa shape index (κ2) is 11.2. The van der Waals surface area contributed by atoms with Crippen LogP contribution >= 0.6 is 0 Å². The number of rotatable bonds is 12. The van der Waals surface area contributed by atoms with Crippen LogP contribution in [-0.4, -0.2) is 56.0 Å². The summed E-state index contributed by atoms with van der Waals surface area (Å²) in [5, 5.41) is 5.34. The topological polar surface area (TPSA) is 97.5 Å². The van der Waals surface area contributed by atoms with Gasteiger partial charge in [-0.2, -0.15) is 13.5 Å². The van der Waals surface area contributed by atoms with Gasteiger partial charge in [0.15, 0.2) is 0 Å². The maximum absolute atomic E-state index is 11.2. The van der Waals surface area contributed by atoms with Crippen LogP contribution in [0.4, 0.5) is 0 Å². The lowest BCUT2D eigenvalue weighted by Crippen LogP contribution is -2.10. The number of fused-ring (bicyclic) bond motifs is 1. The Kier molecular flexibility index (Phi) is 8.01. The van der Waals surface area contributed by atoms with Gasteiger partial charge in [-0.25, -0.2) is 9.67 Å². The lowest BCUT2D eigenvalue weighted by atomic mass is 10.2. The molecule has 0 atom stereocenters. The van der Waals surface area contributed by atoms with E-state index in [1.807, 2.05) is 57.9 Å². The molecule has 4 rings (SSSR count). The third-order valence-corrected chi connectivity index (χ3v) is 7.38. The first-order chi connectivity index (χ1) is 16.8. The Morgan fingerprint density at radius 2 is 1.91 bits per heavy atom. The number of ether oxygens (including phenoxy) is 2. The summed E-state index contributed by atoms with van der Waals surface area (Å²) in [6.45, 7) is 6.32. The van der Waals surface area contributed by atoms with Crippen molar-refractivity contribution in [3.05, 3.63) is 61.1 Å². The summed E-state index contributed by atoms with van der Waals surface area (Å²) in [6.07, 6.45) is 6.46. The molecule has 0 saturated heterocycles. The first-order valence-corrected chi connectivity index (χ1v) is 16.4.